The lowest BCUT2D eigenvalue weighted by atomic mass is 9.96. The van der Waals surface area contributed by atoms with Crippen LogP contribution in [0.15, 0.2) is 53.4 Å². The molecule has 8 heteroatoms. The van der Waals surface area contributed by atoms with Gasteiger partial charge in [-0.2, -0.15) is 0 Å². The van der Waals surface area contributed by atoms with Gasteiger partial charge in [0.2, 0.25) is 11.9 Å². The minimum atomic E-state index is -0.795. The van der Waals surface area contributed by atoms with Crippen molar-refractivity contribution in [2.45, 2.75) is 57.9 Å². The standard InChI is InChI=1S/C22H32N6O2/c1-4-18(29)27-22(26-16-8-6-5-7-9-16)28-21(19(23)20(24)30)25-17-12-10-15(11-13-17)14(2)3/h4,10-14,16,25H,1,5-9,23H2,2-3H3,(H2,24,30)(H2,26,27,28,29)/b21-19-. The van der Waals surface area contributed by atoms with E-state index in [1.54, 1.807) is 0 Å². The van der Waals surface area contributed by atoms with Gasteiger partial charge in [0.1, 0.15) is 11.5 Å². The highest BCUT2D eigenvalue weighted by atomic mass is 16.2. The maximum Gasteiger partial charge on any atom is 0.268 e. The normalized spacial score (nSPS) is 15.9. The molecule has 1 saturated carbocycles. The number of carbonyl (C=O) groups excluding carboxylic acids is 2. The van der Waals surface area contributed by atoms with Crippen LogP contribution in [-0.4, -0.2) is 23.8 Å². The van der Waals surface area contributed by atoms with Crippen molar-refractivity contribution in [1.29, 1.82) is 0 Å². The molecular weight excluding hydrogens is 380 g/mol. The molecule has 1 aromatic carbocycles. The molecule has 0 atom stereocenters. The quantitative estimate of drug-likeness (QED) is 0.266. The SMILES string of the molecule is C=CC(=O)NC(=NC1CCCCC1)N/C(Nc1ccc(C(C)C)cc1)=C(\N)C(N)=O. The van der Waals surface area contributed by atoms with E-state index in [4.69, 9.17) is 11.5 Å². The van der Waals surface area contributed by atoms with E-state index in [0.717, 1.165) is 31.8 Å². The van der Waals surface area contributed by atoms with Crippen LogP contribution in [0.3, 0.4) is 0 Å². The zero-order valence-corrected chi connectivity index (χ0v) is 17.7. The molecule has 1 fully saturated rings. The number of rotatable bonds is 7. The number of anilines is 1. The lowest BCUT2D eigenvalue weighted by Crippen LogP contribution is -2.44. The molecule has 0 radical (unpaired) electrons. The Bertz CT molecular complexity index is 821. The summed E-state index contributed by atoms with van der Waals surface area (Å²) in [7, 11) is 0. The van der Waals surface area contributed by atoms with Crippen molar-refractivity contribution < 1.29 is 9.59 Å². The van der Waals surface area contributed by atoms with Gasteiger partial charge >= 0.3 is 0 Å². The van der Waals surface area contributed by atoms with Crippen molar-refractivity contribution in [3.05, 3.63) is 54.0 Å². The Kier molecular flexibility index (Phi) is 8.46. The molecule has 0 unspecified atom stereocenters. The number of nitrogens with one attached hydrogen (secondary N) is 3. The second-order valence-corrected chi connectivity index (χ2v) is 7.64. The van der Waals surface area contributed by atoms with Crippen molar-refractivity contribution >= 4 is 23.5 Å². The van der Waals surface area contributed by atoms with Crippen molar-refractivity contribution in [2.24, 2.45) is 16.5 Å². The molecule has 2 rings (SSSR count). The highest BCUT2D eigenvalue weighted by molar-refractivity contribution is 6.03. The first-order chi connectivity index (χ1) is 14.3. The number of primary amides is 1. The number of hydrogen-bond acceptors (Lipinski definition) is 5. The van der Waals surface area contributed by atoms with E-state index in [2.05, 4.69) is 41.4 Å². The van der Waals surface area contributed by atoms with E-state index in [1.807, 2.05) is 24.3 Å². The minimum absolute atomic E-state index is 0.0766. The predicted octanol–water partition coefficient (Wildman–Crippen LogP) is 2.42. The van der Waals surface area contributed by atoms with Crippen LogP contribution in [0, 0.1) is 0 Å². The second-order valence-electron chi connectivity index (χ2n) is 7.64. The van der Waals surface area contributed by atoms with Gasteiger partial charge in [0.05, 0.1) is 6.04 Å². The van der Waals surface area contributed by atoms with E-state index in [-0.39, 0.29) is 23.5 Å². The summed E-state index contributed by atoms with van der Waals surface area (Å²) in [5, 5.41) is 8.66. The molecule has 8 nitrogen and oxygen atoms in total. The molecule has 0 saturated heterocycles. The summed E-state index contributed by atoms with van der Waals surface area (Å²) in [4.78, 5) is 28.3. The molecule has 0 bridgehead atoms. The monoisotopic (exact) mass is 412 g/mol. The van der Waals surface area contributed by atoms with Crippen molar-refractivity contribution in [3.8, 4) is 0 Å². The van der Waals surface area contributed by atoms with Crippen LogP contribution in [0.25, 0.3) is 0 Å². The summed E-state index contributed by atoms with van der Waals surface area (Å²) in [5.41, 5.74) is 13.0. The maximum atomic E-state index is 11.9. The van der Waals surface area contributed by atoms with Crippen LogP contribution in [0.2, 0.25) is 0 Å². The number of nitrogens with zero attached hydrogens (tertiary/aromatic N) is 1. The van der Waals surface area contributed by atoms with Crippen molar-refractivity contribution in [2.75, 3.05) is 5.32 Å². The van der Waals surface area contributed by atoms with E-state index in [0.29, 0.717) is 11.6 Å². The van der Waals surface area contributed by atoms with Crippen LogP contribution < -0.4 is 27.4 Å². The molecule has 1 aliphatic carbocycles. The average molecular weight is 413 g/mol. The van der Waals surface area contributed by atoms with Gasteiger partial charge < -0.3 is 22.1 Å². The Morgan fingerprint density at radius 3 is 2.27 bits per heavy atom. The zero-order chi connectivity index (χ0) is 22.1. The summed E-state index contributed by atoms with van der Waals surface area (Å²) < 4.78 is 0. The lowest BCUT2D eigenvalue weighted by Gasteiger charge is -2.22. The fourth-order valence-electron chi connectivity index (χ4n) is 3.16. The first-order valence-corrected chi connectivity index (χ1v) is 10.2. The molecule has 0 spiro atoms. The molecule has 2 amide bonds. The maximum absolute atomic E-state index is 11.9. The molecule has 30 heavy (non-hydrogen) atoms. The summed E-state index contributed by atoms with van der Waals surface area (Å²) in [5.74, 6) is -0.478. The third kappa shape index (κ3) is 6.95. The van der Waals surface area contributed by atoms with Gasteiger partial charge in [0, 0.05) is 5.69 Å². The Morgan fingerprint density at radius 2 is 1.73 bits per heavy atom. The zero-order valence-electron chi connectivity index (χ0n) is 17.7. The van der Waals surface area contributed by atoms with Gasteiger partial charge in [-0.15, -0.1) is 0 Å². The Hall–Kier alpha value is -3.29. The first-order valence-electron chi connectivity index (χ1n) is 10.2. The Balaban J connectivity index is 2.29. The van der Waals surface area contributed by atoms with Gasteiger partial charge in [0.25, 0.3) is 5.91 Å². The lowest BCUT2D eigenvalue weighted by molar-refractivity contribution is -0.115. The fourth-order valence-corrected chi connectivity index (χ4v) is 3.16. The van der Waals surface area contributed by atoms with Crippen LogP contribution >= 0.6 is 0 Å². The van der Waals surface area contributed by atoms with Gasteiger partial charge in [-0.05, 0) is 42.5 Å². The summed E-state index contributed by atoms with van der Waals surface area (Å²) in [6.45, 7) is 7.69. The molecule has 1 aromatic rings. The molecule has 0 aromatic heterocycles. The highest BCUT2D eigenvalue weighted by Crippen LogP contribution is 2.21. The third-order valence-corrected chi connectivity index (χ3v) is 4.94. The molecular formula is C22H32N6O2. The number of guanidine groups is 1. The highest BCUT2D eigenvalue weighted by Gasteiger charge is 2.17. The second kappa shape index (κ2) is 11.0. The van der Waals surface area contributed by atoms with Crippen molar-refractivity contribution in [3.63, 3.8) is 0 Å². The van der Waals surface area contributed by atoms with E-state index in [1.165, 1.54) is 12.0 Å². The summed E-state index contributed by atoms with van der Waals surface area (Å²) in [6, 6.07) is 7.81. The summed E-state index contributed by atoms with van der Waals surface area (Å²) in [6.07, 6.45) is 6.37. The number of benzene rings is 1. The minimum Gasteiger partial charge on any atom is -0.391 e. The van der Waals surface area contributed by atoms with E-state index < -0.39 is 11.8 Å². The van der Waals surface area contributed by atoms with Gasteiger partial charge in [-0.3, -0.25) is 14.9 Å². The largest absolute Gasteiger partial charge is 0.391 e. The van der Waals surface area contributed by atoms with Gasteiger partial charge in [-0.1, -0.05) is 51.8 Å². The average Bonchev–Trinajstić information content (AvgIpc) is 2.73. The summed E-state index contributed by atoms with van der Waals surface area (Å²) >= 11 is 0. The van der Waals surface area contributed by atoms with E-state index >= 15 is 0 Å². The van der Waals surface area contributed by atoms with Crippen LogP contribution in [0.4, 0.5) is 5.69 Å². The number of nitrogens with two attached hydrogens (primary N) is 2. The number of aliphatic imine (C=N–C) groups is 1. The van der Waals surface area contributed by atoms with Crippen molar-refractivity contribution in [1.82, 2.24) is 10.6 Å². The number of amides is 2. The smallest absolute Gasteiger partial charge is 0.268 e. The van der Waals surface area contributed by atoms with Crippen LogP contribution in [-0.2, 0) is 9.59 Å². The molecule has 0 aliphatic heterocycles. The Morgan fingerprint density at radius 1 is 1.10 bits per heavy atom. The fraction of sp³-hybridized carbons (Fsp3) is 0.409. The molecule has 7 N–H and O–H groups in total. The molecule has 1 aliphatic rings. The number of carbonyl (C=O) groups is 2. The third-order valence-electron chi connectivity index (χ3n) is 4.94. The number of hydrogen-bond donors (Lipinski definition) is 5. The van der Waals surface area contributed by atoms with Crippen LogP contribution in [0.1, 0.15) is 57.4 Å². The Labute approximate surface area is 177 Å². The predicted molar refractivity (Wildman–Crippen MR) is 120 cm³/mol. The van der Waals surface area contributed by atoms with E-state index in [9.17, 15) is 9.59 Å². The molecule has 0 heterocycles. The molecule has 162 valence electrons. The van der Waals surface area contributed by atoms with Crippen LogP contribution in [0.5, 0.6) is 0 Å². The van der Waals surface area contributed by atoms with Gasteiger partial charge in [-0.25, -0.2) is 4.99 Å². The van der Waals surface area contributed by atoms with Gasteiger partial charge in [0.15, 0.2) is 0 Å². The first kappa shape index (κ1) is 23.0. The topological polar surface area (TPSA) is 135 Å².